The highest BCUT2D eigenvalue weighted by Gasteiger charge is 2.55. The Labute approximate surface area is 191 Å². The van der Waals surface area contributed by atoms with Crippen molar-refractivity contribution in [3.05, 3.63) is 48.3 Å². The zero-order valence-corrected chi connectivity index (χ0v) is 18.4. The van der Waals surface area contributed by atoms with Gasteiger partial charge in [0.15, 0.2) is 17.3 Å². The Morgan fingerprint density at radius 2 is 1.88 bits per heavy atom. The molecule has 2 fully saturated rings. The van der Waals surface area contributed by atoms with E-state index < -0.39 is 0 Å². The highest BCUT2D eigenvalue weighted by molar-refractivity contribution is 5.98. The molecule has 3 aliphatic rings. The molecule has 2 aliphatic heterocycles. The zero-order chi connectivity index (χ0) is 22.4. The van der Waals surface area contributed by atoms with Crippen LogP contribution in [-0.2, 0) is 0 Å². The molecule has 1 saturated heterocycles. The maximum Gasteiger partial charge on any atom is 0.224 e. The van der Waals surface area contributed by atoms with Gasteiger partial charge < -0.3 is 18.9 Å². The van der Waals surface area contributed by atoms with Gasteiger partial charge in [-0.2, -0.15) is 0 Å². The van der Waals surface area contributed by atoms with Crippen LogP contribution in [-0.4, -0.2) is 67.2 Å². The molecule has 3 atom stereocenters. The number of carbonyl (C=O) groups excluding carboxylic acids is 1. The maximum atomic E-state index is 12.8. The minimum atomic E-state index is 0.113. The van der Waals surface area contributed by atoms with Crippen LogP contribution in [0.15, 0.2) is 42.7 Å². The van der Waals surface area contributed by atoms with Crippen molar-refractivity contribution in [3.63, 3.8) is 0 Å². The van der Waals surface area contributed by atoms with E-state index >= 15 is 0 Å². The van der Waals surface area contributed by atoms with Gasteiger partial charge in [-0.3, -0.25) is 9.69 Å². The lowest BCUT2D eigenvalue weighted by Crippen LogP contribution is -2.31. The van der Waals surface area contributed by atoms with E-state index in [1.807, 2.05) is 30.3 Å². The molecule has 8 heteroatoms. The summed E-state index contributed by atoms with van der Waals surface area (Å²) in [6.45, 7) is 3.96. The van der Waals surface area contributed by atoms with Crippen LogP contribution in [0.25, 0.3) is 10.9 Å². The fourth-order valence-corrected chi connectivity index (χ4v) is 5.05. The smallest absolute Gasteiger partial charge is 0.224 e. The standard InChI is InChI=1S/C25H25N3O5/c1-30-16-3-4-21-17(9-16)25(27-14-26-21)33-13-20-18-10-28(11-19(18)20)12-22(29)15-2-5-23-24(8-15)32-7-6-31-23/h2-5,8-9,14,18-20H,6-7,10-13H2,1H3/t18-,19+,20+. The summed E-state index contributed by atoms with van der Waals surface area (Å²) < 4.78 is 22.6. The zero-order valence-electron chi connectivity index (χ0n) is 18.4. The molecule has 3 heterocycles. The number of ether oxygens (including phenoxy) is 4. The van der Waals surface area contributed by atoms with E-state index in [2.05, 4.69) is 14.9 Å². The van der Waals surface area contributed by atoms with Crippen LogP contribution in [0.1, 0.15) is 10.4 Å². The Bertz CT molecular complexity index is 1200. The summed E-state index contributed by atoms with van der Waals surface area (Å²) in [7, 11) is 1.64. The third-order valence-corrected chi connectivity index (χ3v) is 6.90. The van der Waals surface area contributed by atoms with Crippen molar-refractivity contribution in [2.24, 2.45) is 17.8 Å². The number of carbonyl (C=O) groups is 1. The number of aromatic nitrogens is 2. The lowest BCUT2D eigenvalue weighted by atomic mass is 10.1. The molecule has 0 spiro atoms. The van der Waals surface area contributed by atoms with E-state index in [4.69, 9.17) is 18.9 Å². The third kappa shape index (κ3) is 3.84. The Morgan fingerprint density at radius 1 is 1.06 bits per heavy atom. The molecule has 0 radical (unpaired) electrons. The molecule has 1 aromatic heterocycles. The summed E-state index contributed by atoms with van der Waals surface area (Å²) in [5.41, 5.74) is 1.51. The van der Waals surface area contributed by atoms with Crippen LogP contribution in [0, 0.1) is 17.8 Å². The summed E-state index contributed by atoms with van der Waals surface area (Å²) in [5.74, 6) is 4.46. The SMILES string of the molecule is COc1ccc2ncnc(OC[C@@H]3[C@H]4CN(CC(=O)c5ccc6c(c5)OCCO6)C[C@@H]34)c2c1. The van der Waals surface area contributed by atoms with Gasteiger partial charge in [-0.15, -0.1) is 0 Å². The summed E-state index contributed by atoms with van der Waals surface area (Å²) in [6.07, 6.45) is 1.53. The van der Waals surface area contributed by atoms with Crippen LogP contribution < -0.4 is 18.9 Å². The largest absolute Gasteiger partial charge is 0.497 e. The van der Waals surface area contributed by atoms with Crippen LogP contribution in [0.3, 0.4) is 0 Å². The highest BCUT2D eigenvalue weighted by atomic mass is 16.6. The Morgan fingerprint density at radius 3 is 2.70 bits per heavy atom. The van der Waals surface area contributed by atoms with Crippen LogP contribution in [0.5, 0.6) is 23.1 Å². The summed E-state index contributed by atoms with van der Waals surface area (Å²) in [6, 6.07) is 11.1. The monoisotopic (exact) mass is 447 g/mol. The van der Waals surface area contributed by atoms with Gasteiger partial charge in [-0.25, -0.2) is 9.97 Å². The predicted molar refractivity (Wildman–Crippen MR) is 120 cm³/mol. The van der Waals surface area contributed by atoms with Crippen LogP contribution >= 0.6 is 0 Å². The van der Waals surface area contributed by atoms with Gasteiger partial charge in [0.25, 0.3) is 0 Å². The number of fused-ring (bicyclic) bond motifs is 3. The van der Waals surface area contributed by atoms with E-state index in [-0.39, 0.29) is 5.78 Å². The Balaban J connectivity index is 1.03. The number of benzene rings is 2. The minimum Gasteiger partial charge on any atom is -0.497 e. The van der Waals surface area contributed by atoms with Crippen LogP contribution in [0.2, 0.25) is 0 Å². The molecule has 6 rings (SSSR count). The fraction of sp³-hybridized carbons (Fsp3) is 0.400. The quantitative estimate of drug-likeness (QED) is 0.512. The molecule has 170 valence electrons. The third-order valence-electron chi connectivity index (χ3n) is 6.90. The molecule has 1 saturated carbocycles. The molecule has 33 heavy (non-hydrogen) atoms. The van der Waals surface area contributed by atoms with Gasteiger partial charge >= 0.3 is 0 Å². The van der Waals surface area contributed by atoms with Gasteiger partial charge in [0.05, 0.1) is 31.2 Å². The lowest BCUT2D eigenvalue weighted by molar-refractivity contribution is 0.0932. The van der Waals surface area contributed by atoms with Crippen molar-refractivity contribution in [1.82, 2.24) is 14.9 Å². The minimum absolute atomic E-state index is 0.113. The maximum absolute atomic E-state index is 12.8. The second kappa shape index (κ2) is 8.19. The van der Waals surface area contributed by atoms with Crippen molar-refractivity contribution in [2.75, 3.05) is 46.6 Å². The van der Waals surface area contributed by atoms with Crippen molar-refractivity contribution < 1.29 is 23.7 Å². The van der Waals surface area contributed by atoms with Crippen molar-refractivity contribution >= 4 is 16.7 Å². The van der Waals surface area contributed by atoms with Gasteiger partial charge in [-0.05, 0) is 48.2 Å². The lowest BCUT2D eigenvalue weighted by Gasteiger charge is -2.20. The highest BCUT2D eigenvalue weighted by Crippen LogP contribution is 2.51. The molecular weight excluding hydrogens is 422 g/mol. The van der Waals surface area contributed by atoms with Crippen molar-refractivity contribution in [1.29, 1.82) is 0 Å². The molecule has 0 amide bonds. The van der Waals surface area contributed by atoms with E-state index in [0.717, 1.165) is 29.7 Å². The van der Waals surface area contributed by atoms with Crippen molar-refractivity contribution in [2.45, 2.75) is 0 Å². The Kier molecular flexibility index (Phi) is 5.02. The average molecular weight is 447 g/mol. The molecule has 0 bridgehead atoms. The van der Waals surface area contributed by atoms with E-state index in [1.165, 1.54) is 6.33 Å². The number of hydrogen-bond acceptors (Lipinski definition) is 8. The number of ketones is 1. The van der Waals surface area contributed by atoms with E-state index in [1.54, 1.807) is 13.2 Å². The molecule has 0 unspecified atom stereocenters. The molecule has 0 N–H and O–H groups in total. The number of Topliss-reactive ketones (excluding diaryl/α,β-unsaturated/α-hetero) is 1. The molecular formula is C25H25N3O5. The van der Waals surface area contributed by atoms with Gasteiger partial charge in [0.1, 0.15) is 25.3 Å². The van der Waals surface area contributed by atoms with Crippen molar-refractivity contribution in [3.8, 4) is 23.1 Å². The molecule has 8 nitrogen and oxygen atoms in total. The van der Waals surface area contributed by atoms with Crippen LogP contribution in [0.4, 0.5) is 0 Å². The first-order valence-corrected chi connectivity index (χ1v) is 11.3. The Hall–Kier alpha value is -3.39. The topological polar surface area (TPSA) is 83.0 Å². The number of methoxy groups -OCH3 is 1. The first kappa shape index (κ1) is 20.2. The summed E-state index contributed by atoms with van der Waals surface area (Å²) in [4.78, 5) is 23.7. The number of piperidine rings is 1. The van der Waals surface area contributed by atoms with E-state index in [0.29, 0.717) is 67.1 Å². The predicted octanol–water partition coefficient (Wildman–Crippen LogP) is 2.85. The fourth-order valence-electron chi connectivity index (χ4n) is 5.05. The normalized spacial score (nSPS) is 23.2. The number of rotatable bonds is 7. The second-order valence-corrected chi connectivity index (χ2v) is 8.84. The number of likely N-dealkylation sites (tertiary alicyclic amines) is 1. The van der Waals surface area contributed by atoms with Gasteiger partial charge in [0.2, 0.25) is 5.88 Å². The molecule has 3 aromatic rings. The second-order valence-electron chi connectivity index (χ2n) is 8.84. The average Bonchev–Trinajstić information content (AvgIpc) is 3.31. The number of hydrogen-bond donors (Lipinski definition) is 0. The first-order valence-electron chi connectivity index (χ1n) is 11.3. The molecule has 2 aromatic carbocycles. The number of nitrogens with zero attached hydrogens (tertiary/aromatic N) is 3. The van der Waals surface area contributed by atoms with E-state index in [9.17, 15) is 4.79 Å². The first-order chi connectivity index (χ1) is 16.2. The van der Waals surface area contributed by atoms with Gasteiger partial charge in [0, 0.05) is 24.6 Å². The van der Waals surface area contributed by atoms with Gasteiger partial charge in [-0.1, -0.05) is 0 Å². The summed E-state index contributed by atoms with van der Waals surface area (Å²) >= 11 is 0. The molecule has 1 aliphatic carbocycles. The summed E-state index contributed by atoms with van der Waals surface area (Å²) in [5, 5.41) is 0.856.